The van der Waals surface area contributed by atoms with E-state index in [1.165, 1.54) is 12.8 Å². The maximum absolute atomic E-state index is 12.2. The molecule has 1 aromatic heterocycles. The summed E-state index contributed by atoms with van der Waals surface area (Å²) >= 11 is 5.91. The first-order valence-electron chi connectivity index (χ1n) is 7.37. The number of aromatic nitrogens is 1. The summed E-state index contributed by atoms with van der Waals surface area (Å²) in [6.45, 7) is 4.75. The van der Waals surface area contributed by atoms with Crippen molar-refractivity contribution >= 4 is 23.2 Å². The maximum atomic E-state index is 12.2. The fourth-order valence-electron chi connectivity index (χ4n) is 2.61. The highest BCUT2D eigenvalue weighted by Gasteiger charge is 2.17. The van der Waals surface area contributed by atoms with Crippen molar-refractivity contribution in [1.82, 2.24) is 10.1 Å². The predicted octanol–water partition coefficient (Wildman–Crippen LogP) is 3.48. The van der Waals surface area contributed by atoms with Gasteiger partial charge in [0.05, 0.1) is 6.54 Å². The molecule has 1 aromatic carbocycles. The van der Waals surface area contributed by atoms with Gasteiger partial charge in [-0.15, -0.1) is 0 Å². The van der Waals surface area contributed by atoms with Crippen LogP contribution in [0.4, 0.5) is 5.69 Å². The fourth-order valence-corrected chi connectivity index (χ4v) is 2.84. The molecule has 0 atom stereocenters. The molecule has 0 aliphatic carbocycles. The Balaban J connectivity index is 1.65. The molecular formula is C16H18ClN3O2. The molecule has 2 heterocycles. The van der Waals surface area contributed by atoms with Crippen LogP contribution in [-0.4, -0.2) is 29.1 Å². The highest BCUT2D eigenvalue weighted by molar-refractivity contribution is 6.30. The van der Waals surface area contributed by atoms with Crippen LogP contribution in [0.15, 0.2) is 28.8 Å². The van der Waals surface area contributed by atoms with Gasteiger partial charge in [0.25, 0.3) is 5.91 Å². The Kier molecular flexibility index (Phi) is 4.45. The lowest BCUT2D eigenvalue weighted by molar-refractivity contribution is 0.101. The van der Waals surface area contributed by atoms with E-state index in [2.05, 4.69) is 15.4 Å². The molecule has 6 heteroatoms. The van der Waals surface area contributed by atoms with Crippen LogP contribution < -0.4 is 5.32 Å². The molecule has 1 fully saturated rings. The molecule has 0 bridgehead atoms. The molecule has 5 nitrogen and oxygen atoms in total. The van der Waals surface area contributed by atoms with E-state index in [0.29, 0.717) is 17.3 Å². The number of amides is 1. The van der Waals surface area contributed by atoms with Crippen LogP contribution in [0.25, 0.3) is 0 Å². The third kappa shape index (κ3) is 3.48. The summed E-state index contributed by atoms with van der Waals surface area (Å²) < 4.78 is 5.26. The largest absolute Gasteiger partial charge is 0.359 e. The van der Waals surface area contributed by atoms with Crippen LogP contribution >= 0.6 is 11.6 Å². The summed E-state index contributed by atoms with van der Waals surface area (Å²) in [5.74, 6) is 0.446. The zero-order chi connectivity index (χ0) is 15.5. The van der Waals surface area contributed by atoms with Crippen LogP contribution in [-0.2, 0) is 6.54 Å². The van der Waals surface area contributed by atoms with Crippen molar-refractivity contribution in [2.24, 2.45) is 0 Å². The number of anilines is 1. The van der Waals surface area contributed by atoms with Gasteiger partial charge in [-0.25, -0.2) is 0 Å². The molecule has 0 saturated carbocycles. The van der Waals surface area contributed by atoms with E-state index in [1.807, 2.05) is 6.92 Å². The number of benzene rings is 1. The van der Waals surface area contributed by atoms with Gasteiger partial charge in [-0.05, 0) is 56.6 Å². The summed E-state index contributed by atoms with van der Waals surface area (Å²) in [6, 6.07) is 7.03. The second kappa shape index (κ2) is 6.50. The minimum absolute atomic E-state index is 0.276. The van der Waals surface area contributed by atoms with Gasteiger partial charge >= 0.3 is 0 Å². The zero-order valence-corrected chi connectivity index (χ0v) is 13.2. The summed E-state index contributed by atoms with van der Waals surface area (Å²) in [4.78, 5) is 14.5. The van der Waals surface area contributed by atoms with Gasteiger partial charge in [0, 0.05) is 16.8 Å². The van der Waals surface area contributed by atoms with Crippen LogP contribution in [0.3, 0.4) is 0 Å². The minimum Gasteiger partial charge on any atom is -0.359 e. The van der Waals surface area contributed by atoms with Gasteiger partial charge < -0.3 is 9.84 Å². The second-order valence-electron chi connectivity index (χ2n) is 5.58. The Bertz CT molecular complexity index is 678. The van der Waals surface area contributed by atoms with E-state index >= 15 is 0 Å². The Morgan fingerprint density at radius 2 is 2.14 bits per heavy atom. The molecule has 116 valence electrons. The number of nitrogens with one attached hydrogen (secondary N) is 1. The third-order valence-electron chi connectivity index (χ3n) is 3.81. The normalized spacial score (nSPS) is 15.2. The molecule has 0 radical (unpaired) electrons. The fraction of sp³-hybridized carbons (Fsp3) is 0.375. The molecule has 1 aliphatic rings. The molecule has 0 unspecified atom stereocenters. The Hall–Kier alpha value is -1.85. The van der Waals surface area contributed by atoms with E-state index in [4.69, 9.17) is 16.1 Å². The lowest BCUT2D eigenvalue weighted by Crippen LogP contribution is -2.18. The molecule has 3 rings (SSSR count). The number of likely N-dealkylation sites (tertiary alicyclic amines) is 1. The molecule has 1 aliphatic heterocycles. The molecule has 0 spiro atoms. The third-order valence-corrected chi connectivity index (χ3v) is 4.04. The average molecular weight is 320 g/mol. The van der Waals surface area contributed by atoms with Gasteiger partial charge in [-0.3, -0.25) is 9.69 Å². The number of hydrogen-bond donors (Lipinski definition) is 1. The molecular weight excluding hydrogens is 302 g/mol. The number of hydrogen-bond acceptors (Lipinski definition) is 4. The highest BCUT2D eigenvalue weighted by atomic mass is 35.5. The van der Waals surface area contributed by atoms with Gasteiger partial charge in [-0.2, -0.15) is 0 Å². The van der Waals surface area contributed by atoms with Crippen LogP contribution in [0.1, 0.15) is 34.7 Å². The first-order chi connectivity index (χ1) is 10.6. The van der Waals surface area contributed by atoms with Crippen molar-refractivity contribution in [2.75, 3.05) is 18.4 Å². The molecule has 1 saturated heterocycles. The Morgan fingerprint density at radius 1 is 1.36 bits per heavy atom. The molecule has 1 amide bonds. The molecule has 1 N–H and O–H groups in total. The number of nitrogens with zero attached hydrogens (tertiary/aromatic N) is 2. The first-order valence-corrected chi connectivity index (χ1v) is 7.75. The van der Waals surface area contributed by atoms with E-state index in [0.717, 1.165) is 30.1 Å². The van der Waals surface area contributed by atoms with Crippen molar-refractivity contribution in [2.45, 2.75) is 26.3 Å². The Morgan fingerprint density at radius 3 is 2.86 bits per heavy atom. The zero-order valence-electron chi connectivity index (χ0n) is 12.4. The van der Waals surface area contributed by atoms with Crippen LogP contribution in [0.2, 0.25) is 5.02 Å². The van der Waals surface area contributed by atoms with Gasteiger partial charge in [0.2, 0.25) is 0 Å². The minimum atomic E-state index is -0.276. The lowest BCUT2D eigenvalue weighted by atomic mass is 10.2. The van der Waals surface area contributed by atoms with Crippen LogP contribution in [0, 0.1) is 6.92 Å². The number of rotatable bonds is 4. The maximum Gasteiger partial charge on any atom is 0.277 e. The number of aryl methyl sites for hydroxylation is 1. The van der Waals surface area contributed by atoms with E-state index in [-0.39, 0.29) is 5.91 Å². The summed E-state index contributed by atoms with van der Waals surface area (Å²) in [6.07, 6.45) is 2.44. The van der Waals surface area contributed by atoms with Crippen LogP contribution in [0.5, 0.6) is 0 Å². The average Bonchev–Trinajstić information content (AvgIpc) is 3.14. The first kappa shape index (κ1) is 15.1. The number of carbonyl (C=O) groups is 1. The predicted molar refractivity (Wildman–Crippen MR) is 85.2 cm³/mol. The quantitative estimate of drug-likeness (QED) is 0.937. The van der Waals surface area contributed by atoms with Crippen molar-refractivity contribution < 1.29 is 9.32 Å². The monoisotopic (exact) mass is 319 g/mol. The van der Waals surface area contributed by atoms with Gasteiger partial charge in [0.1, 0.15) is 0 Å². The standard InChI is InChI=1S/C16H18ClN3O2/c1-11-8-12(17)4-5-14(11)18-16(21)15-9-13(22-19-15)10-20-6-2-3-7-20/h4-5,8-9H,2-3,6-7,10H2,1H3,(H,18,21). The van der Waals surface area contributed by atoms with E-state index < -0.39 is 0 Å². The van der Waals surface area contributed by atoms with Crippen molar-refractivity contribution in [3.8, 4) is 0 Å². The Labute approximate surface area is 134 Å². The SMILES string of the molecule is Cc1cc(Cl)ccc1NC(=O)c1cc(CN2CCCC2)on1. The smallest absolute Gasteiger partial charge is 0.277 e. The summed E-state index contributed by atoms with van der Waals surface area (Å²) in [5, 5.41) is 7.33. The van der Waals surface area contributed by atoms with Gasteiger partial charge in [-0.1, -0.05) is 16.8 Å². The second-order valence-corrected chi connectivity index (χ2v) is 6.01. The highest BCUT2D eigenvalue weighted by Crippen LogP contribution is 2.20. The number of halogens is 1. The lowest BCUT2D eigenvalue weighted by Gasteiger charge is -2.10. The van der Waals surface area contributed by atoms with E-state index in [9.17, 15) is 4.79 Å². The molecule has 2 aromatic rings. The summed E-state index contributed by atoms with van der Waals surface area (Å²) in [5.41, 5.74) is 1.92. The van der Waals surface area contributed by atoms with Gasteiger partial charge in [0.15, 0.2) is 11.5 Å². The molecule has 22 heavy (non-hydrogen) atoms. The van der Waals surface area contributed by atoms with Crippen molar-refractivity contribution in [3.63, 3.8) is 0 Å². The van der Waals surface area contributed by atoms with Crippen molar-refractivity contribution in [1.29, 1.82) is 0 Å². The van der Waals surface area contributed by atoms with Crippen molar-refractivity contribution in [3.05, 3.63) is 46.3 Å². The number of carbonyl (C=O) groups excluding carboxylic acids is 1. The summed E-state index contributed by atoms with van der Waals surface area (Å²) in [7, 11) is 0. The topological polar surface area (TPSA) is 58.4 Å². The van der Waals surface area contributed by atoms with E-state index in [1.54, 1.807) is 24.3 Å².